The number of carbonyl (C=O) groups is 1. The molecule has 0 aromatic heterocycles. The molecule has 10 heteroatoms. The van der Waals surface area contributed by atoms with Gasteiger partial charge in [0.15, 0.2) is 0 Å². The lowest BCUT2D eigenvalue weighted by Crippen LogP contribution is -2.50. The van der Waals surface area contributed by atoms with Crippen molar-refractivity contribution in [1.29, 1.82) is 0 Å². The standard InChI is InChI=1S/C22H27ClN2O6S/c1-14-6-7-15(21(26)25-8-9-31-22(2,3)13-25)10-20(14)32(27,28)24-17-11-16(23)18(29-4)12-19(17)30-5/h6-7,10-12,24H,8-9,13H2,1-5H3. The molecule has 3 rings (SSSR count). The molecule has 2 aromatic rings. The zero-order chi connectivity index (χ0) is 23.7. The van der Waals surface area contributed by atoms with Crippen LogP contribution in [-0.2, 0) is 14.8 Å². The number of morpholine rings is 1. The molecule has 1 fully saturated rings. The number of ether oxygens (including phenoxy) is 3. The number of aryl methyl sites for hydroxylation is 1. The van der Waals surface area contributed by atoms with Crippen LogP contribution in [0.1, 0.15) is 29.8 Å². The quantitative estimate of drug-likeness (QED) is 0.674. The molecular formula is C22H27ClN2O6S. The van der Waals surface area contributed by atoms with Gasteiger partial charge in [-0.1, -0.05) is 17.7 Å². The molecule has 1 N–H and O–H groups in total. The molecule has 1 aliphatic heterocycles. The predicted molar refractivity (Wildman–Crippen MR) is 122 cm³/mol. The summed E-state index contributed by atoms with van der Waals surface area (Å²) in [6.07, 6.45) is 0. The van der Waals surface area contributed by atoms with Crippen molar-refractivity contribution < 1.29 is 27.4 Å². The van der Waals surface area contributed by atoms with Gasteiger partial charge in [-0.25, -0.2) is 8.42 Å². The maximum atomic E-state index is 13.2. The zero-order valence-electron chi connectivity index (χ0n) is 18.7. The molecule has 0 unspecified atom stereocenters. The number of nitrogens with zero attached hydrogens (tertiary/aromatic N) is 1. The van der Waals surface area contributed by atoms with Gasteiger partial charge in [-0.15, -0.1) is 0 Å². The van der Waals surface area contributed by atoms with Gasteiger partial charge in [-0.2, -0.15) is 0 Å². The number of rotatable bonds is 6. The van der Waals surface area contributed by atoms with Crippen LogP contribution in [-0.4, -0.2) is 58.7 Å². The summed E-state index contributed by atoms with van der Waals surface area (Å²) in [7, 11) is -1.19. The summed E-state index contributed by atoms with van der Waals surface area (Å²) < 4.78 is 45.0. The fourth-order valence-electron chi connectivity index (χ4n) is 3.53. The highest BCUT2D eigenvalue weighted by molar-refractivity contribution is 7.92. The van der Waals surface area contributed by atoms with Crippen molar-refractivity contribution in [3.05, 3.63) is 46.5 Å². The van der Waals surface area contributed by atoms with Crippen molar-refractivity contribution in [3.8, 4) is 11.5 Å². The predicted octanol–water partition coefficient (Wildman–Crippen LogP) is 3.72. The zero-order valence-corrected chi connectivity index (χ0v) is 20.3. The molecule has 32 heavy (non-hydrogen) atoms. The Morgan fingerprint density at radius 1 is 1.16 bits per heavy atom. The van der Waals surface area contributed by atoms with E-state index in [4.69, 9.17) is 25.8 Å². The van der Waals surface area contributed by atoms with Crippen LogP contribution in [0.3, 0.4) is 0 Å². The first-order chi connectivity index (χ1) is 15.0. The van der Waals surface area contributed by atoms with Gasteiger partial charge in [-0.05, 0) is 44.5 Å². The molecule has 2 aromatic carbocycles. The van der Waals surface area contributed by atoms with E-state index in [0.717, 1.165) is 0 Å². The lowest BCUT2D eigenvalue weighted by atomic mass is 10.1. The van der Waals surface area contributed by atoms with E-state index in [-0.39, 0.29) is 32.8 Å². The first-order valence-electron chi connectivity index (χ1n) is 9.95. The molecular weight excluding hydrogens is 456 g/mol. The number of hydrogen-bond donors (Lipinski definition) is 1. The molecule has 1 heterocycles. The summed E-state index contributed by atoms with van der Waals surface area (Å²) in [4.78, 5) is 14.7. The highest BCUT2D eigenvalue weighted by Gasteiger charge is 2.31. The third kappa shape index (κ3) is 5.11. The highest BCUT2D eigenvalue weighted by Crippen LogP contribution is 2.37. The van der Waals surface area contributed by atoms with Gasteiger partial charge in [-0.3, -0.25) is 9.52 Å². The van der Waals surface area contributed by atoms with Gasteiger partial charge in [0.05, 0.1) is 42.0 Å². The van der Waals surface area contributed by atoms with Crippen molar-refractivity contribution in [1.82, 2.24) is 4.90 Å². The second-order valence-electron chi connectivity index (χ2n) is 8.11. The van der Waals surface area contributed by atoms with Crippen molar-refractivity contribution >= 4 is 33.2 Å². The Hall–Kier alpha value is -2.49. The Morgan fingerprint density at radius 3 is 2.47 bits per heavy atom. The van der Waals surface area contributed by atoms with Gasteiger partial charge in [0.25, 0.3) is 15.9 Å². The summed E-state index contributed by atoms with van der Waals surface area (Å²) in [5.74, 6) is 0.349. The SMILES string of the molecule is COc1cc(OC)c(NS(=O)(=O)c2cc(C(=O)N3CCOC(C)(C)C3)ccc2C)cc1Cl. The molecule has 1 aliphatic rings. The molecule has 0 spiro atoms. The van der Waals surface area contributed by atoms with Crippen LogP contribution in [0.25, 0.3) is 0 Å². The summed E-state index contributed by atoms with van der Waals surface area (Å²) in [5.41, 5.74) is 0.479. The van der Waals surface area contributed by atoms with Crippen LogP contribution in [0, 0.1) is 6.92 Å². The molecule has 0 bridgehead atoms. The maximum Gasteiger partial charge on any atom is 0.262 e. The monoisotopic (exact) mass is 482 g/mol. The number of hydrogen-bond acceptors (Lipinski definition) is 6. The molecule has 0 saturated carbocycles. The number of carbonyl (C=O) groups excluding carboxylic acids is 1. The summed E-state index contributed by atoms with van der Waals surface area (Å²) in [6, 6.07) is 7.54. The number of anilines is 1. The molecule has 0 aliphatic carbocycles. The third-order valence-electron chi connectivity index (χ3n) is 5.16. The minimum Gasteiger partial charge on any atom is -0.495 e. The Balaban J connectivity index is 1.94. The van der Waals surface area contributed by atoms with Crippen molar-refractivity contribution in [2.24, 2.45) is 0 Å². The Labute approximate surface area is 193 Å². The van der Waals surface area contributed by atoms with E-state index < -0.39 is 15.6 Å². The van der Waals surface area contributed by atoms with Gasteiger partial charge in [0.2, 0.25) is 0 Å². The minimum absolute atomic E-state index is 0.00939. The van der Waals surface area contributed by atoms with Crippen LogP contribution < -0.4 is 14.2 Å². The summed E-state index contributed by atoms with van der Waals surface area (Å²) in [5, 5.41) is 0.224. The Morgan fingerprint density at radius 2 is 1.84 bits per heavy atom. The van der Waals surface area contributed by atoms with Gasteiger partial charge < -0.3 is 19.1 Å². The third-order valence-corrected chi connectivity index (χ3v) is 6.96. The Bertz CT molecular complexity index is 1130. The first-order valence-corrected chi connectivity index (χ1v) is 11.8. The van der Waals surface area contributed by atoms with Crippen LogP contribution in [0.2, 0.25) is 5.02 Å². The molecule has 1 amide bonds. The van der Waals surface area contributed by atoms with E-state index >= 15 is 0 Å². The lowest BCUT2D eigenvalue weighted by molar-refractivity contribution is -0.0764. The molecule has 1 saturated heterocycles. The minimum atomic E-state index is -4.05. The number of sulfonamides is 1. The molecule has 0 radical (unpaired) electrons. The van der Waals surface area contributed by atoms with E-state index in [2.05, 4.69) is 4.72 Å². The number of nitrogens with one attached hydrogen (secondary N) is 1. The van der Waals surface area contributed by atoms with Crippen LogP contribution in [0.5, 0.6) is 11.5 Å². The van der Waals surface area contributed by atoms with Crippen molar-refractivity contribution in [2.75, 3.05) is 38.6 Å². The van der Waals surface area contributed by atoms with Gasteiger partial charge in [0.1, 0.15) is 11.5 Å². The number of halogens is 1. The molecule has 174 valence electrons. The number of benzene rings is 2. The fourth-order valence-corrected chi connectivity index (χ4v) is 5.11. The second kappa shape index (κ2) is 9.17. The van der Waals surface area contributed by atoms with E-state index in [0.29, 0.717) is 31.0 Å². The average molecular weight is 483 g/mol. The van der Waals surface area contributed by atoms with E-state index in [9.17, 15) is 13.2 Å². The van der Waals surface area contributed by atoms with E-state index in [1.165, 1.54) is 32.4 Å². The van der Waals surface area contributed by atoms with Crippen LogP contribution in [0.4, 0.5) is 5.69 Å². The summed E-state index contributed by atoms with van der Waals surface area (Å²) in [6.45, 7) is 6.78. The summed E-state index contributed by atoms with van der Waals surface area (Å²) >= 11 is 6.16. The highest BCUT2D eigenvalue weighted by atomic mass is 35.5. The van der Waals surface area contributed by atoms with Crippen LogP contribution >= 0.6 is 11.6 Å². The van der Waals surface area contributed by atoms with Gasteiger partial charge >= 0.3 is 0 Å². The Kier molecular flexibility index (Phi) is 6.92. The maximum absolute atomic E-state index is 13.2. The molecule has 8 nitrogen and oxygen atoms in total. The number of methoxy groups -OCH3 is 2. The second-order valence-corrected chi connectivity index (χ2v) is 10.2. The van der Waals surface area contributed by atoms with Crippen LogP contribution in [0.15, 0.2) is 35.2 Å². The smallest absolute Gasteiger partial charge is 0.262 e. The largest absolute Gasteiger partial charge is 0.495 e. The average Bonchev–Trinajstić information content (AvgIpc) is 2.72. The fraction of sp³-hybridized carbons (Fsp3) is 0.409. The van der Waals surface area contributed by atoms with Gasteiger partial charge in [0, 0.05) is 24.7 Å². The normalized spacial score (nSPS) is 15.9. The van der Waals surface area contributed by atoms with E-state index in [1.807, 2.05) is 13.8 Å². The first kappa shape index (κ1) is 24.2. The van der Waals surface area contributed by atoms with Crippen molar-refractivity contribution in [2.45, 2.75) is 31.3 Å². The number of amides is 1. The van der Waals surface area contributed by atoms with E-state index in [1.54, 1.807) is 24.0 Å². The van der Waals surface area contributed by atoms with Crippen molar-refractivity contribution in [3.63, 3.8) is 0 Å². The lowest BCUT2D eigenvalue weighted by Gasteiger charge is -2.38. The molecule has 0 atom stereocenters. The topological polar surface area (TPSA) is 94.2 Å².